The van der Waals surface area contributed by atoms with Gasteiger partial charge in [-0.15, -0.1) is 0 Å². The van der Waals surface area contributed by atoms with Crippen LogP contribution in [0.15, 0.2) is 121 Å². The van der Waals surface area contributed by atoms with Crippen LogP contribution >= 0.6 is 11.6 Å². The smallest absolute Gasteiger partial charge is 0.0618 e. The Labute approximate surface area is 192 Å². The largest absolute Gasteiger partial charge is 0.308 e. The number of nitrogens with zero attached hydrogens (tertiary/aromatic N) is 1. The molecule has 0 saturated heterocycles. The molecule has 0 radical (unpaired) electrons. The third kappa shape index (κ3) is 3.02. The molecule has 1 nitrogen and oxygen atoms in total. The van der Waals surface area contributed by atoms with Gasteiger partial charge < -0.3 is 4.57 Å². The predicted octanol–water partition coefficient (Wildman–Crippen LogP) is 8.77. The van der Waals surface area contributed by atoms with Crippen molar-refractivity contribution in [2.45, 2.75) is 0 Å². The molecule has 1 heterocycles. The molecule has 0 fully saturated rings. The van der Waals surface area contributed by atoms with Crippen LogP contribution < -0.4 is 0 Å². The number of rotatable bonds is 3. The highest BCUT2D eigenvalue weighted by atomic mass is 35.5. The summed E-state index contributed by atoms with van der Waals surface area (Å²) in [7, 11) is 0. The Morgan fingerprint density at radius 2 is 1.03 bits per heavy atom. The highest BCUT2D eigenvalue weighted by Gasteiger charge is 2.19. The second-order valence-electron chi connectivity index (χ2n) is 7.95. The molecule has 6 rings (SSSR count). The summed E-state index contributed by atoms with van der Waals surface area (Å²) in [5.74, 6) is 0. The van der Waals surface area contributed by atoms with Crippen LogP contribution in [0.4, 0.5) is 0 Å². The number of halogens is 1. The summed E-state index contributed by atoms with van der Waals surface area (Å²) in [6, 6.07) is 42.5. The van der Waals surface area contributed by atoms with Gasteiger partial charge in [0.1, 0.15) is 0 Å². The fraction of sp³-hybridized carbons (Fsp3) is 0. The second-order valence-corrected chi connectivity index (χ2v) is 8.38. The Morgan fingerprint density at radius 3 is 1.69 bits per heavy atom. The summed E-state index contributed by atoms with van der Waals surface area (Å²) in [4.78, 5) is 0. The van der Waals surface area contributed by atoms with Crippen LogP contribution in [0.3, 0.4) is 0 Å². The van der Waals surface area contributed by atoms with E-state index in [0.717, 1.165) is 10.5 Å². The molecule has 5 aromatic carbocycles. The maximum Gasteiger partial charge on any atom is 0.0618 e. The maximum atomic E-state index is 6.51. The zero-order valence-electron chi connectivity index (χ0n) is 17.4. The monoisotopic (exact) mass is 429 g/mol. The van der Waals surface area contributed by atoms with Gasteiger partial charge in [-0.1, -0.05) is 115 Å². The third-order valence-corrected chi connectivity index (χ3v) is 6.30. The first kappa shape index (κ1) is 18.9. The molecule has 152 valence electrons. The fourth-order valence-corrected chi connectivity index (χ4v) is 4.84. The molecule has 0 bridgehead atoms. The Hall–Kier alpha value is -3.81. The van der Waals surface area contributed by atoms with Crippen LogP contribution in [0, 0.1) is 0 Å². The molecule has 2 heteroatoms. The molecule has 0 amide bonds. The molecule has 0 aliphatic carbocycles. The van der Waals surface area contributed by atoms with Crippen molar-refractivity contribution < 1.29 is 0 Å². The second kappa shape index (κ2) is 7.71. The minimum absolute atomic E-state index is 0.736. The van der Waals surface area contributed by atoms with E-state index in [2.05, 4.69) is 120 Å². The first-order chi connectivity index (χ1) is 15.8. The number of hydrogen-bond donors (Lipinski definition) is 0. The quantitative estimate of drug-likeness (QED) is 0.265. The molecule has 6 aromatic rings. The molecule has 0 N–H and O–H groups in total. The standard InChI is InChI=1S/C30H20ClN/c31-23-18-19-27-26-14-7-8-17-28(26)32(29(27)20-23)30-24(21-10-3-1-4-11-21)15-9-16-25(30)22-12-5-2-6-13-22/h1-20H. The normalized spacial score (nSPS) is 11.3. The van der Waals surface area contributed by atoms with Gasteiger partial charge in [-0.05, 0) is 29.3 Å². The van der Waals surface area contributed by atoms with Gasteiger partial charge in [0.25, 0.3) is 0 Å². The minimum atomic E-state index is 0.736. The van der Waals surface area contributed by atoms with Gasteiger partial charge in [0.15, 0.2) is 0 Å². The average molecular weight is 430 g/mol. The summed E-state index contributed by atoms with van der Waals surface area (Å²) in [6.07, 6.45) is 0. The summed E-state index contributed by atoms with van der Waals surface area (Å²) in [6.45, 7) is 0. The maximum absolute atomic E-state index is 6.51. The van der Waals surface area contributed by atoms with E-state index in [0.29, 0.717) is 0 Å². The van der Waals surface area contributed by atoms with E-state index in [4.69, 9.17) is 11.6 Å². The molecule has 0 aliphatic rings. The van der Waals surface area contributed by atoms with E-state index in [-0.39, 0.29) is 0 Å². The van der Waals surface area contributed by atoms with Gasteiger partial charge >= 0.3 is 0 Å². The first-order valence-corrected chi connectivity index (χ1v) is 11.1. The molecular formula is C30H20ClN. The molecule has 0 atom stereocenters. The average Bonchev–Trinajstić information content (AvgIpc) is 3.17. The van der Waals surface area contributed by atoms with Gasteiger partial charge in [0.05, 0.1) is 16.7 Å². The zero-order chi connectivity index (χ0) is 21.5. The molecule has 0 aliphatic heterocycles. The first-order valence-electron chi connectivity index (χ1n) is 10.7. The Balaban J connectivity index is 1.81. The van der Waals surface area contributed by atoms with E-state index in [1.165, 1.54) is 44.2 Å². The molecule has 32 heavy (non-hydrogen) atoms. The van der Waals surface area contributed by atoms with Gasteiger partial charge in [-0.3, -0.25) is 0 Å². The lowest BCUT2D eigenvalue weighted by Gasteiger charge is -2.19. The highest BCUT2D eigenvalue weighted by molar-refractivity contribution is 6.31. The van der Waals surface area contributed by atoms with Crippen LogP contribution in [0.25, 0.3) is 49.7 Å². The SMILES string of the molecule is Clc1ccc2c3ccccc3n(-c3c(-c4ccccc4)cccc3-c3ccccc3)c2c1. The van der Waals surface area contributed by atoms with Gasteiger partial charge in [0, 0.05) is 26.9 Å². The summed E-state index contributed by atoms with van der Waals surface area (Å²) in [5, 5.41) is 3.16. The van der Waals surface area contributed by atoms with Crippen molar-refractivity contribution in [2.75, 3.05) is 0 Å². The number of benzene rings is 5. The summed E-state index contributed by atoms with van der Waals surface area (Å²) >= 11 is 6.51. The lowest BCUT2D eigenvalue weighted by atomic mass is 9.95. The Morgan fingerprint density at radius 1 is 0.469 bits per heavy atom. The predicted molar refractivity (Wildman–Crippen MR) is 137 cm³/mol. The van der Waals surface area contributed by atoms with Crippen LogP contribution in [-0.4, -0.2) is 4.57 Å². The molecular weight excluding hydrogens is 410 g/mol. The van der Waals surface area contributed by atoms with Crippen molar-refractivity contribution in [3.05, 3.63) is 126 Å². The van der Waals surface area contributed by atoms with E-state index in [9.17, 15) is 0 Å². The lowest BCUT2D eigenvalue weighted by Crippen LogP contribution is -2.00. The molecule has 0 unspecified atom stereocenters. The molecule has 1 aromatic heterocycles. The van der Waals surface area contributed by atoms with Crippen LogP contribution in [0.5, 0.6) is 0 Å². The van der Waals surface area contributed by atoms with E-state index < -0.39 is 0 Å². The number of para-hydroxylation sites is 2. The Bertz CT molecular complexity index is 1510. The summed E-state index contributed by atoms with van der Waals surface area (Å²) < 4.78 is 2.38. The van der Waals surface area contributed by atoms with Crippen molar-refractivity contribution in [3.8, 4) is 27.9 Å². The topological polar surface area (TPSA) is 4.93 Å². The van der Waals surface area contributed by atoms with Crippen molar-refractivity contribution in [1.82, 2.24) is 4.57 Å². The molecule has 0 spiro atoms. The summed E-state index contributed by atoms with van der Waals surface area (Å²) in [5.41, 5.74) is 8.20. The zero-order valence-corrected chi connectivity index (χ0v) is 18.1. The third-order valence-electron chi connectivity index (χ3n) is 6.07. The van der Waals surface area contributed by atoms with Crippen molar-refractivity contribution >= 4 is 33.4 Å². The highest BCUT2D eigenvalue weighted by Crippen LogP contribution is 2.41. The van der Waals surface area contributed by atoms with Crippen molar-refractivity contribution in [2.24, 2.45) is 0 Å². The number of fused-ring (bicyclic) bond motifs is 3. The molecule has 0 saturated carbocycles. The van der Waals surface area contributed by atoms with Crippen LogP contribution in [-0.2, 0) is 0 Å². The van der Waals surface area contributed by atoms with Crippen LogP contribution in [0.1, 0.15) is 0 Å². The number of aromatic nitrogens is 1. The minimum Gasteiger partial charge on any atom is -0.308 e. The van der Waals surface area contributed by atoms with Crippen LogP contribution in [0.2, 0.25) is 5.02 Å². The van der Waals surface area contributed by atoms with Crippen molar-refractivity contribution in [3.63, 3.8) is 0 Å². The van der Waals surface area contributed by atoms with E-state index in [1.54, 1.807) is 0 Å². The van der Waals surface area contributed by atoms with Gasteiger partial charge in [-0.25, -0.2) is 0 Å². The van der Waals surface area contributed by atoms with Gasteiger partial charge in [-0.2, -0.15) is 0 Å². The van der Waals surface area contributed by atoms with E-state index >= 15 is 0 Å². The van der Waals surface area contributed by atoms with E-state index in [1.807, 2.05) is 6.07 Å². The lowest BCUT2D eigenvalue weighted by molar-refractivity contribution is 1.18. The fourth-order valence-electron chi connectivity index (χ4n) is 4.67. The Kier molecular flexibility index (Phi) is 4.56. The van der Waals surface area contributed by atoms with Crippen molar-refractivity contribution in [1.29, 1.82) is 0 Å². The van der Waals surface area contributed by atoms with Gasteiger partial charge in [0.2, 0.25) is 0 Å². The number of hydrogen-bond acceptors (Lipinski definition) is 0.